The first-order valence-electron chi connectivity index (χ1n) is 11.8. The Bertz CT molecular complexity index is 1590. The van der Waals surface area contributed by atoms with Gasteiger partial charge in [0.15, 0.2) is 16.7 Å². The third-order valence-electron chi connectivity index (χ3n) is 6.43. The standard InChI is InChI=1S/C29H21N3O3S2/c1-3-15-32-27(35)26(28-31(4-2)22-11-7-8-12-23(22)36-28)37-29(32)30-17-13-14-20-21(16-17)25(34)19-10-6-5-9-18(19)24(20)33/h3,5-14,16H,1,4,15H2,2H3. The first-order valence-corrected chi connectivity index (χ1v) is 13.5. The Kier molecular flexibility index (Phi) is 5.85. The Morgan fingerprint density at radius 1 is 0.838 bits per heavy atom. The number of thioether (sulfide) groups is 2. The van der Waals surface area contributed by atoms with Crippen molar-refractivity contribution in [2.75, 3.05) is 18.0 Å². The molecular weight excluding hydrogens is 502 g/mol. The zero-order valence-electron chi connectivity index (χ0n) is 19.9. The summed E-state index contributed by atoms with van der Waals surface area (Å²) in [4.78, 5) is 49.9. The lowest BCUT2D eigenvalue weighted by Crippen LogP contribution is -2.30. The lowest BCUT2D eigenvalue weighted by atomic mass is 9.84. The summed E-state index contributed by atoms with van der Waals surface area (Å²) in [5.74, 6) is -0.505. The molecule has 2 heterocycles. The smallest absolute Gasteiger partial charge is 0.269 e. The molecule has 1 aliphatic carbocycles. The van der Waals surface area contributed by atoms with Gasteiger partial charge in [-0.05, 0) is 49.0 Å². The summed E-state index contributed by atoms with van der Waals surface area (Å²) in [5, 5.41) is 1.40. The number of rotatable bonds is 4. The SMILES string of the molecule is C=CCN1C(=O)C(=C2Sc3ccccc3N2CC)SC1=Nc1ccc2c(c1)C(=O)c1ccccc1C2=O. The van der Waals surface area contributed by atoms with Crippen LogP contribution in [0.15, 0.2) is 99.2 Å². The molecule has 1 saturated heterocycles. The molecule has 3 aliphatic rings. The van der Waals surface area contributed by atoms with Crippen LogP contribution in [0.3, 0.4) is 0 Å². The van der Waals surface area contributed by atoms with E-state index < -0.39 is 0 Å². The first-order chi connectivity index (χ1) is 18.0. The van der Waals surface area contributed by atoms with E-state index >= 15 is 0 Å². The Hall–Kier alpha value is -3.88. The number of fused-ring (bicyclic) bond motifs is 3. The quantitative estimate of drug-likeness (QED) is 0.241. The van der Waals surface area contributed by atoms with Crippen LogP contribution in [0.2, 0.25) is 0 Å². The molecule has 0 saturated carbocycles. The van der Waals surface area contributed by atoms with Gasteiger partial charge >= 0.3 is 0 Å². The predicted octanol–water partition coefficient (Wildman–Crippen LogP) is 6.01. The van der Waals surface area contributed by atoms with Crippen LogP contribution in [0, 0.1) is 0 Å². The molecule has 37 heavy (non-hydrogen) atoms. The molecule has 8 heteroatoms. The minimum absolute atomic E-state index is 0.129. The number of carbonyl (C=O) groups is 3. The van der Waals surface area contributed by atoms with Crippen LogP contribution >= 0.6 is 23.5 Å². The van der Waals surface area contributed by atoms with E-state index in [0.717, 1.165) is 22.2 Å². The summed E-state index contributed by atoms with van der Waals surface area (Å²) >= 11 is 2.91. The van der Waals surface area contributed by atoms with Crippen LogP contribution in [0.5, 0.6) is 0 Å². The Labute approximate surface area is 222 Å². The van der Waals surface area contributed by atoms with Crippen LogP contribution in [0.4, 0.5) is 11.4 Å². The Balaban J connectivity index is 1.40. The van der Waals surface area contributed by atoms with E-state index in [1.165, 1.54) is 11.8 Å². The van der Waals surface area contributed by atoms with Gasteiger partial charge in [-0.2, -0.15) is 0 Å². The van der Waals surface area contributed by atoms with Crippen LogP contribution in [-0.4, -0.2) is 40.6 Å². The van der Waals surface area contributed by atoms with E-state index in [0.29, 0.717) is 44.6 Å². The van der Waals surface area contributed by atoms with Crippen LogP contribution in [0.1, 0.15) is 38.8 Å². The van der Waals surface area contributed by atoms with E-state index in [1.807, 2.05) is 12.1 Å². The fraction of sp³-hybridized carbons (Fsp3) is 0.103. The van der Waals surface area contributed by atoms with Gasteiger partial charge in [0.05, 0.1) is 11.4 Å². The molecule has 0 atom stereocenters. The van der Waals surface area contributed by atoms with Gasteiger partial charge < -0.3 is 4.90 Å². The van der Waals surface area contributed by atoms with Crippen molar-refractivity contribution in [3.63, 3.8) is 0 Å². The number of hydrogen-bond acceptors (Lipinski definition) is 7. The summed E-state index contributed by atoms with van der Waals surface area (Å²) in [6, 6.07) is 20.0. The van der Waals surface area contributed by atoms with Gasteiger partial charge in [-0.15, -0.1) is 6.58 Å². The van der Waals surface area contributed by atoms with Crippen molar-refractivity contribution in [3.05, 3.63) is 112 Å². The normalized spacial score (nSPS) is 19.4. The number of benzene rings is 3. The van der Waals surface area contributed by atoms with E-state index in [1.54, 1.807) is 65.2 Å². The molecule has 6 rings (SSSR count). The second-order valence-electron chi connectivity index (χ2n) is 8.58. The molecule has 0 unspecified atom stereocenters. The highest BCUT2D eigenvalue weighted by Crippen LogP contribution is 2.50. The number of nitrogens with zero attached hydrogens (tertiary/aromatic N) is 3. The number of aliphatic imine (C=N–C) groups is 1. The molecule has 3 aromatic carbocycles. The maximum atomic E-state index is 13.5. The van der Waals surface area contributed by atoms with Crippen LogP contribution < -0.4 is 4.90 Å². The summed E-state index contributed by atoms with van der Waals surface area (Å²) in [7, 11) is 0. The fourth-order valence-electron chi connectivity index (χ4n) is 4.69. The van der Waals surface area contributed by atoms with Gasteiger partial charge in [-0.25, -0.2) is 4.99 Å². The summed E-state index contributed by atoms with van der Waals surface area (Å²) in [6.45, 7) is 6.91. The van der Waals surface area contributed by atoms with Crippen molar-refractivity contribution in [1.82, 2.24) is 4.90 Å². The molecule has 3 aromatic rings. The zero-order chi connectivity index (χ0) is 25.7. The van der Waals surface area contributed by atoms with Gasteiger partial charge in [0.25, 0.3) is 5.91 Å². The molecule has 0 spiro atoms. The molecule has 0 radical (unpaired) electrons. The van der Waals surface area contributed by atoms with Crippen LogP contribution in [0.25, 0.3) is 0 Å². The maximum Gasteiger partial charge on any atom is 0.269 e. The number of amides is 1. The Morgan fingerprint density at radius 3 is 2.24 bits per heavy atom. The highest BCUT2D eigenvalue weighted by molar-refractivity contribution is 8.19. The summed E-state index contributed by atoms with van der Waals surface area (Å²) < 4.78 is 0. The third-order valence-corrected chi connectivity index (χ3v) is 8.81. The highest BCUT2D eigenvalue weighted by Gasteiger charge is 2.39. The topological polar surface area (TPSA) is 70.1 Å². The molecule has 182 valence electrons. The Morgan fingerprint density at radius 2 is 1.51 bits per heavy atom. The van der Waals surface area contributed by atoms with Crippen molar-refractivity contribution in [2.24, 2.45) is 4.99 Å². The van der Waals surface area contributed by atoms with E-state index in [-0.39, 0.29) is 17.5 Å². The van der Waals surface area contributed by atoms with Crippen molar-refractivity contribution in [1.29, 1.82) is 0 Å². The van der Waals surface area contributed by atoms with Crippen LogP contribution in [-0.2, 0) is 4.79 Å². The number of anilines is 1. The number of para-hydroxylation sites is 1. The second-order valence-corrected chi connectivity index (χ2v) is 10.6. The summed E-state index contributed by atoms with van der Waals surface area (Å²) in [6.07, 6.45) is 1.67. The molecule has 0 aromatic heterocycles. The molecule has 2 aliphatic heterocycles. The summed E-state index contributed by atoms with van der Waals surface area (Å²) in [5.41, 5.74) is 3.10. The molecule has 1 fully saturated rings. The van der Waals surface area contributed by atoms with Crippen molar-refractivity contribution < 1.29 is 14.4 Å². The van der Waals surface area contributed by atoms with E-state index in [4.69, 9.17) is 4.99 Å². The molecule has 0 bridgehead atoms. The first kappa shape index (κ1) is 23.5. The average Bonchev–Trinajstić information content (AvgIpc) is 3.44. The number of hydrogen-bond donors (Lipinski definition) is 0. The highest BCUT2D eigenvalue weighted by atomic mass is 32.2. The van der Waals surface area contributed by atoms with Gasteiger partial charge in [-0.3, -0.25) is 19.3 Å². The third kappa shape index (κ3) is 3.75. The molecule has 0 N–H and O–H groups in total. The molecule has 6 nitrogen and oxygen atoms in total. The largest absolute Gasteiger partial charge is 0.334 e. The number of carbonyl (C=O) groups excluding carboxylic acids is 3. The van der Waals surface area contributed by atoms with Gasteiger partial charge in [0.1, 0.15) is 9.93 Å². The second kappa shape index (κ2) is 9.21. The minimum Gasteiger partial charge on any atom is -0.334 e. The maximum absolute atomic E-state index is 13.5. The molecule has 1 amide bonds. The molecular formula is C29H21N3O3S2. The fourth-order valence-corrected chi connectivity index (χ4v) is 7.09. The zero-order valence-corrected chi connectivity index (χ0v) is 21.6. The minimum atomic E-state index is -0.202. The number of ketones is 2. The van der Waals surface area contributed by atoms with Crippen molar-refractivity contribution >= 4 is 57.5 Å². The number of amidine groups is 1. The van der Waals surface area contributed by atoms with Crippen molar-refractivity contribution in [2.45, 2.75) is 11.8 Å². The van der Waals surface area contributed by atoms with Gasteiger partial charge in [0, 0.05) is 40.2 Å². The lowest BCUT2D eigenvalue weighted by molar-refractivity contribution is -0.121. The average molecular weight is 524 g/mol. The predicted molar refractivity (Wildman–Crippen MR) is 149 cm³/mol. The van der Waals surface area contributed by atoms with E-state index in [2.05, 4.69) is 30.5 Å². The van der Waals surface area contributed by atoms with Gasteiger partial charge in [0.2, 0.25) is 0 Å². The van der Waals surface area contributed by atoms with E-state index in [9.17, 15) is 14.4 Å². The van der Waals surface area contributed by atoms with Gasteiger partial charge in [-0.1, -0.05) is 54.2 Å². The monoisotopic (exact) mass is 523 g/mol. The van der Waals surface area contributed by atoms with Crippen molar-refractivity contribution in [3.8, 4) is 0 Å². The lowest BCUT2D eigenvalue weighted by Gasteiger charge is -2.19.